The van der Waals surface area contributed by atoms with Gasteiger partial charge in [0.2, 0.25) is 5.78 Å². The van der Waals surface area contributed by atoms with Crippen LogP contribution in [0, 0.1) is 11.3 Å². The third-order valence-corrected chi connectivity index (χ3v) is 4.26. The lowest BCUT2D eigenvalue weighted by Crippen LogP contribution is -2.30. The first-order valence-electron chi connectivity index (χ1n) is 9.10. The molecule has 3 aromatic rings. The first-order chi connectivity index (χ1) is 14.1. The molecule has 29 heavy (non-hydrogen) atoms. The van der Waals surface area contributed by atoms with E-state index in [1.807, 2.05) is 18.2 Å². The number of benzene rings is 3. The van der Waals surface area contributed by atoms with E-state index in [1.165, 1.54) is 0 Å². The molecule has 0 aliphatic rings. The highest BCUT2D eigenvalue weighted by atomic mass is 16.6. The number of ether oxygens (including phenoxy) is 2. The summed E-state index contributed by atoms with van der Waals surface area (Å²) in [7, 11) is 0. The molecule has 0 saturated heterocycles. The Morgan fingerprint density at radius 3 is 2.03 bits per heavy atom. The van der Waals surface area contributed by atoms with Gasteiger partial charge in [-0.25, -0.2) is 4.79 Å². The Bertz CT molecular complexity index is 1010. The third kappa shape index (κ3) is 5.08. The average molecular weight is 385 g/mol. The summed E-state index contributed by atoms with van der Waals surface area (Å²) >= 11 is 0. The van der Waals surface area contributed by atoms with Crippen molar-refractivity contribution in [3.63, 3.8) is 0 Å². The van der Waals surface area contributed by atoms with Gasteiger partial charge in [-0.15, -0.1) is 0 Å². The molecule has 2 atom stereocenters. The number of nitriles is 1. The fraction of sp³-hybridized carbons (Fsp3) is 0.125. The molecule has 0 aliphatic heterocycles. The molecule has 0 radical (unpaired) electrons. The molecule has 5 nitrogen and oxygen atoms in total. The number of esters is 1. The molecular weight excluding hydrogens is 366 g/mol. The van der Waals surface area contributed by atoms with Crippen LogP contribution in [0.2, 0.25) is 0 Å². The number of ketones is 1. The monoisotopic (exact) mass is 385 g/mol. The van der Waals surface area contributed by atoms with E-state index >= 15 is 0 Å². The van der Waals surface area contributed by atoms with E-state index in [0.29, 0.717) is 22.4 Å². The lowest BCUT2D eigenvalue weighted by atomic mass is 10.00. The Hall–Kier alpha value is -3.91. The van der Waals surface area contributed by atoms with Crippen molar-refractivity contribution in [1.29, 1.82) is 5.26 Å². The van der Waals surface area contributed by atoms with Crippen LogP contribution < -0.4 is 4.74 Å². The predicted octanol–water partition coefficient (Wildman–Crippen LogP) is 4.49. The number of carbonyl (C=O) groups excluding carboxylic acids is 2. The van der Waals surface area contributed by atoms with Crippen molar-refractivity contribution in [3.8, 4) is 11.8 Å². The van der Waals surface area contributed by atoms with E-state index < -0.39 is 18.2 Å². The summed E-state index contributed by atoms with van der Waals surface area (Å²) in [5.41, 5.74) is 1.53. The first-order valence-corrected chi connectivity index (χ1v) is 9.10. The number of nitrogens with zero attached hydrogens (tertiary/aromatic N) is 1. The van der Waals surface area contributed by atoms with Gasteiger partial charge in [0.15, 0.2) is 12.2 Å². The SMILES string of the molecule is C[C@H](Oc1ccc(C#N)cc1)C(=O)O[C@H](C(=O)c1ccccc1)c1ccccc1. The van der Waals surface area contributed by atoms with Crippen LogP contribution in [-0.2, 0) is 9.53 Å². The molecule has 0 heterocycles. The van der Waals surface area contributed by atoms with Gasteiger partial charge in [0.05, 0.1) is 11.6 Å². The van der Waals surface area contributed by atoms with Crippen molar-refractivity contribution < 1.29 is 19.1 Å². The molecule has 0 saturated carbocycles. The lowest BCUT2D eigenvalue weighted by Gasteiger charge is -2.20. The molecule has 0 N–H and O–H groups in total. The number of carbonyl (C=O) groups is 2. The minimum absolute atomic E-state index is 0.310. The predicted molar refractivity (Wildman–Crippen MR) is 107 cm³/mol. The molecule has 0 fully saturated rings. The molecule has 3 rings (SSSR count). The second-order valence-electron chi connectivity index (χ2n) is 6.35. The molecule has 0 aliphatic carbocycles. The van der Waals surface area contributed by atoms with Crippen molar-refractivity contribution in [3.05, 3.63) is 102 Å². The van der Waals surface area contributed by atoms with Gasteiger partial charge in [0.25, 0.3) is 0 Å². The van der Waals surface area contributed by atoms with E-state index in [2.05, 4.69) is 0 Å². The second-order valence-corrected chi connectivity index (χ2v) is 6.35. The van der Waals surface area contributed by atoms with Gasteiger partial charge < -0.3 is 9.47 Å². The zero-order chi connectivity index (χ0) is 20.6. The number of rotatable bonds is 7. The number of hydrogen-bond donors (Lipinski definition) is 0. The first kappa shape index (κ1) is 19.8. The quantitative estimate of drug-likeness (QED) is 0.442. The van der Waals surface area contributed by atoms with Gasteiger partial charge in [-0.3, -0.25) is 4.79 Å². The second kappa shape index (κ2) is 9.34. The zero-order valence-corrected chi connectivity index (χ0v) is 15.8. The third-order valence-electron chi connectivity index (χ3n) is 4.26. The van der Waals surface area contributed by atoms with Crippen molar-refractivity contribution >= 4 is 11.8 Å². The Balaban J connectivity index is 1.77. The van der Waals surface area contributed by atoms with Gasteiger partial charge in [-0.2, -0.15) is 5.26 Å². The smallest absolute Gasteiger partial charge is 0.348 e. The van der Waals surface area contributed by atoms with Crippen molar-refractivity contribution in [2.75, 3.05) is 0 Å². The van der Waals surface area contributed by atoms with E-state index in [-0.39, 0.29) is 5.78 Å². The minimum atomic E-state index is -1.07. The lowest BCUT2D eigenvalue weighted by molar-refractivity contribution is -0.154. The van der Waals surface area contributed by atoms with Gasteiger partial charge in [-0.1, -0.05) is 60.7 Å². The van der Waals surface area contributed by atoms with Crippen LogP contribution in [0.3, 0.4) is 0 Å². The Morgan fingerprint density at radius 1 is 0.862 bits per heavy atom. The average Bonchev–Trinajstić information content (AvgIpc) is 2.78. The molecule has 3 aromatic carbocycles. The Labute approximate surface area is 169 Å². The maximum atomic E-state index is 13.0. The molecule has 0 unspecified atom stereocenters. The van der Waals surface area contributed by atoms with Crippen LogP contribution in [0.4, 0.5) is 0 Å². The van der Waals surface area contributed by atoms with E-state index in [4.69, 9.17) is 14.7 Å². The van der Waals surface area contributed by atoms with Crippen molar-refractivity contribution in [2.45, 2.75) is 19.1 Å². The standard InChI is InChI=1S/C24H19NO4/c1-17(28-21-14-12-18(16-25)13-15-21)24(27)29-23(20-10-6-3-7-11-20)22(26)19-8-4-2-5-9-19/h2-15,17,23H,1H3/t17-,23-/m0/s1. The molecule has 0 bridgehead atoms. The highest BCUT2D eigenvalue weighted by molar-refractivity contribution is 6.01. The van der Waals surface area contributed by atoms with Gasteiger partial charge >= 0.3 is 5.97 Å². The topological polar surface area (TPSA) is 76.4 Å². The Morgan fingerprint density at radius 2 is 1.45 bits per heavy atom. The normalized spacial score (nSPS) is 12.3. The minimum Gasteiger partial charge on any atom is -0.479 e. The van der Waals surface area contributed by atoms with Crippen molar-refractivity contribution in [1.82, 2.24) is 0 Å². The van der Waals surface area contributed by atoms with Crippen LogP contribution in [0.15, 0.2) is 84.9 Å². The van der Waals surface area contributed by atoms with E-state index in [9.17, 15) is 9.59 Å². The Kier molecular flexibility index (Phi) is 6.39. The summed E-state index contributed by atoms with van der Waals surface area (Å²) in [6.07, 6.45) is -2.00. The van der Waals surface area contributed by atoms with Crippen LogP contribution >= 0.6 is 0 Å². The summed E-state index contributed by atoms with van der Waals surface area (Å²) in [5.74, 6) is -0.540. The molecule has 144 valence electrons. The van der Waals surface area contributed by atoms with Crippen LogP contribution in [-0.4, -0.2) is 17.9 Å². The summed E-state index contributed by atoms with van der Waals surface area (Å²) in [5, 5.41) is 8.86. The van der Waals surface area contributed by atoms with Gasteiger partial charge in [0.1, 0.15) is 5.75 Å². The number of hydrogen-bond acceptors (Lipinski definition) is 5. The summed E-state index contributed by atoms with van der Waals surface area (Å²) in [6.45, 7) is 1.55. The fourth-order valence-electron chi connectivity index (χ4n) is 2.73. The fourth-order valence-corrected chi connectivity index (χ4v) is 2.73. The van der Waals surface area contributed by atoms with Crippen LogP contribution in [0.1, 0.15) is 34.5 Å². The van der Waals surface area contributed by atoms with Crippen LogP contribution in [0.5, 0.6) is 5.75 Å². The molecule has 5 heteroatoms. The van der Waals surface area contributed by atoms with Gasteiger partial charge in [0, 0.05) is 11.1 Å². The highest BCUT2D eigenvalue weighted by Gasteiger charge is 2.29. The van der Waals surface area contributed by atoms with E-state index in [1.54, 1.807) is 79.7 Å². The summed E-state index contributed by atoms with van der Waals surface area (Å²) in [4.78, 5) is 25.6. The van der Waals surface area contributed by atoms with Crippen LogP contribution in [0.25, 0.3) is 0 Å². The van der Waals surface area contributed by atoms with E-state index in [0.717, 1.165) is 0 Å². The van der Waals surface area contributed by atoms with Crippen molar-refractivity contribution in [2.24, 2.45) is 0 Å². The molecular formula is C24H19NO4. The zero-order valence-electron chi connectivity index (χ0n) is 15.8. The maximum absolute atomic E-state index is 13.0. The maximum Gasteiger partial charge on any atom is 0.348 e. The highest BCUT2D eigenvalue weighted by Crippen LogP contribution is 2.24. The largest absolute Gasteiger partial charge is 0.479 e. The summed E-state index contributed by atoms with van der Waals surface area (Å²) in [6, 6.07) is 26.0. The molecule has 0 aromatic heterocycles. The van der Waals surface area contributed by atoms with Gasteiger partial charge in [-0.05, 0) is 31.2 Å². The number of Topliss-reactive ketones (excluding diaryl/α,β-unsaturated/α-hetero) is 1. The molecule has 0 spiro atoms. The summed E-state index contributed by atoms with van der Waals surface area (Å²) < 4.78 is 11.2. The molecule has 0 amide bonds.